The minimum atomic E-state index is -4.01. The second-order valence-electron chi connectivity index (χ2n) is 7.10. The third-order valence-corrected chi connectivity index (χ3v) is 6.74. The van der Waals surface area contributed by atoms with Crippen molar-refractivity contribution in [2.24, 2.45) is 0 Å². The van der Waals surface area contributed by atoms with Gasteiger partial charge in [0.05, 0.1) is 24.8 Å². The second kappa shape index (κ2) is 10.2. The molecule has 0 saturated carbocycles. The van der Waals surface area contributed by atoms with Crippen molar-refractivity contribution in [3.8, 4) is 11.5 Å². The Bertz CT molecular complexity index is 1150. The molecule has 7 nitrogen and oxygen atoms in total. The number of carbonyl (C=O) groups excluding carboxylic acids is 1. The first-order valence-electron chi connectivity index (χ1n) is 9.94. The lowest BCUT2D eigenvalue weighted by atomic mass is 10.2. The van der Waals surface area contributed by atoms with Crippen molar-refractivity contribution in [1.29, 1.82) is 0 Å². The number of likely N-dealkylation sites (N-methyl/N-ethyl adjacent to an activating group) is 1. The molecular formula is C24H26N2O5S. The summed E-state index contributed by atoms with van der Waals surface area (Å²) in [6.07, 6.45) is 0. The van der Waals surface area contributed by atoms with E-state index in [-0.39, 0.29) is 17.3 Å². The van der Waals surface area contributed by atoms with Crippen LogP contribution in [0.3, 0.4) is 0 Å². The molecule has 0 spiro atoms. The molecule has 0 aromatic heterocycles. The lowest BCUT2D eigenvalue weighted by Gasteiger charge is -2.27. The Morgan fingerprint density at radius 1 is 0.844 bits per heavy atom. The Hall–Kier alpha value is -3.52. The quantitative estimate of drug-likeness (QED) is 0.494. The zero-order valence-electron chi connectivity index (χ0n) is 18.3. The van der Waals surface area contributed by atoms with Gasteiger partial charge < -0.3 is 14.4 Å². The number of ether oxygens (including phenoxy) is 2. The van der Waals surface area contributed by atoms with E-state index in [1.165, 1.54) is 31.3 Å². The van der Waals surface area contributed by atoms with Gasteiger partial charge in [0.15, 0.2) is 11.5 Å². The highest BCUT2D eigenvalue weighted by Crippen LogP contribution is 2.33. The number of nitrogens with zero attached hydrogens (tertiary/aromatic N) is 2. The van der Waals surface area contributed by atoms with Gasteiger partial charge in [0.1, 0.15) is 6.54 Å². The number of rotatable bonds is 9. The normalized spacial score (nSPS) is 11.0. The molecule has 0 aliphatic heterocycles. The lowest BCUT2D eigenvalue weighted by molar-refractivity contribution is -0.128. The molecule has 32 heavy (non-hydrogen) atoms. The number of sulfonamides is 1. The third kappa shape index (κ3) is 5.20. The Morgan fingerprint density at radius 3 is 2.03 bits per heavy atom. The van der Waals surface area contributed by atoms with Crippen LogP contribution in [0.1, 0.15) is 5.56 Å². The van der Waals surface area contributed by atoms with Crippen molar-refractivity contribution in [1.82, 2.24) is 4.90 Å². The van der Waals surface area contributed by atoms with E-state index < -0.39 is 10.0 Å². The van der Waals surface area contributed by atoms with E-state index in [2.05, 4.69) is 0 Å². The fourth-order valence-electron chi connectivity index (χ4n) is 3.20. The van der Waals surface area contributed by atoms with Crippen LogP contribution in [-0.4, -0.2) is 47.0 Å². The molecule has 3 aromatic carbocycles. The molecule has 0 heterocycles. The Labute approximate surface area is 188 Å². The van der Waals surface area contributed by atoms with Crippen LogP contribution in [0.4, 0.5) is 5.69 Å². The number of hydrogen-bond acceptors (Lipinski definition) is 5. The molecule has 0 fully saturated rings. The molecule has 3 aromatic rings. The molecule has 3 rings (SSSR count). The molecule has 0 aliphatic carbocycles. The monoisotopic (exact) mass is 454 g/mol. The van der Waals surface area contributed by atoms with Gasteiger partial charge in [-0.1, -0.05) is 48.5 Å². The lowest BCUT2D eigenvalue weighted by Crippen LogP contribution is -2.41. The van der Waals surface area contributed by atoms with Crippen LogP contribution >= 0.6 is 0 Å². The summed E-state index contributed by atoms with van der Waals surface area (Å²) >= 11 is 0. The minimum absolute atomic E-state index is 0.0910. The highest BCUT2D eigenvalue weighted by Gasteiger charge is 2.29. The van der Waals surface area contributed by atoms with Gasteiger partial charge in [0.25, 0.3) is 10.0 Å². The molecule has 0 bridgehead atoms. The maximum absolute atomic E-state index is 13.5. The van der Waals surface area contributed by atoms with Crippen molar-refractivity contribution in [3.63, 3.8) is 0 Å². The van der Waals surface area contributed by atoms with Gasteiger partial charge >= 0.3 is 0 Å². The number of benzene rings is 3. The van der Waals surface area contributed by atoms with Crippen molar-refractivity contribution in [2.75, 3.05) is 32.1 Å². The van der Waals surface area contributed by atoms with Gasteiger partial charge in [-0.05, 0) is 29.8 Å². The van der Waals surface area contributed by atoms with Crippen LogP contribution in [0.5, 0.6) is 11.5 Å². The summed E-state index contributed by atoms with van der Waals surface area (Å²) in [5, 5.41) is 0. The van der Waals surface area contributed by atoms with E-state index in [0.717, 1.165) is 9.87 Å². The number of anilines is 1. The summed E-state index contributed by atoms with van der Waals surface area (Å²) in [5.41, 5.74) is 1.25. The Kier molecular flexibility index (Phi) is 7.37. The van der Waals surface area contributed by atoms with Gasteiger partial charge in [0, 0.05) is 19.7 Å². The van der Waals surface area contributed by atoms with Crippen LogP contribution in [-0.2, 0) is 21.4 Å². The molecule has 1 amide bonds. The van der Waals surface area contributed by atoms with E-state index in [4.69, 9.17) is 9.47 Å². The predicted octanol–water partition coefficient (Wildman–Crippen LogP) is 3.56. The zero-order valence-corrected chi connectivity index (χ0v) is 19.1. The topological polar surface area (TPSA) is 76.2 Å². The fourth-order valence-corrected chi connectivity index (χ4v) is 4.63. The molecule has 0 unspecified atom stereocenters. The summed E-state index contributed by atoms with van der Waals surface area (Å²) in [6.45, 7) is 0.000869. The molecule has 168 valence electrons. The van der Waals surface area contributed by atoms with E-state index in [0.29, 0.717) is 23.7 Å². The molecule has 0 radical (unpaired) electrons. The van der Waals surface area contributed by atoms with E-state index in [1.54, 1.807) is 43.4 Å². The molecule has 8 heteroatoms. The average molecular weight is 455 g/mol. The first-order valence-corrected chi connectivity index (χ1v) is 11.4. The van der Waals surface area contributed by atoms with E-state index in [1.807, 2.05) is 30.3 Å². The molecule has 0 aliphatic rings. The minimum Gasteiger partial charge on any atom is -0.493 e. The summed E-state index contributed by atoms with van der Waals surface area (Å²) in [7, 11) is 0.606. The first-order chi connectivity index (χ1) is 15.4. The van der Waals surface area contributed by atoms with Crippen molar-refractivity contribution in [3.05, 3.63) is 84.4 Å². The zero-order chi connectivity index (χ0) is 23.1. The number of amides is 1. The fraction of sp³-hybridized carbons (Fsp3) is 0.208. The summed E-state index contributed by atoms with van der Waals surface area (Å²) < 4.78 is 38.7. The van der Waals surface area contributed by atoms with Crippen LogP contribution < -0.4 is 13.8 Å². The highest BCUT2D eigenvalue weighted by atomic mass is 32.2. The number of methoxy groups -OCH3 is 2. The second-order valence-corrected chi connectivity index (χ2v) is 8.96. The van der Waals surface area contributed by atoms with Crippen molar-refractivity contribution < 1.29 is 22.7 Å². The molecule has 0 saturated heterocycles. The summed E-state index contributed by atoms with van der Waals surface area (Å²) in [4.78, 5) is 14.6. The van der Waals surface area contributed by atoms with Gasteiger partial charge in [-0.2, -0.15) is 0 Å². The average Bonchev–Trinajstić information content (AvgIpc) is 2.83. The maximum atomic E-state index is 13.5. The van der Waals surface area contributed by atoms with Gasteiger partial charge in [-0.3, -0.25) is 9.10 Å². The Morgan fingerprint density at radius 2 is 1.44 bits per heavy atom. The van der Waals surface area contributed by atoms with Gasteiger partial charge in [0.2, 0.25) is 5.91 Å². The van der Waals surface area contributed by atoms with Crippen LogP contribution in [0.15, 0.2) is 83.8 Å². The predicted molar refractivity (Wildman–Crippen MR) is 123 cm³/mol. The van der Waals surface area contributed by atoms with Crippen LogP contribution in [0.25, 0.3) is 0 Å². The van der Waals surface area contributed by atoms with E-state index >= 15 is 0 Å². The highest BCUT2D eigenvalue weighted by molar-refractivity contribution is 7.92. The van der Waals surface area contributed by atoms with Crippen molar-refractivity contribution >= 4 is 21.6 Å². The summed E-state index contributed by atoms with van der Waals surface area (Å²) in [5.74, 6) is 0.479. The number of hydrogen-bond donors (Lipinski definition) is 0. The standard InChI is InChI=1S/C24H26N2O5S/c1-25(17-19-10-6-4-7-11-19)24(27)18-26(32(28,29)21-12-8-5-9-13-21)20-14-15-22(30-2)23(16-20)31-3/h4-16H,17-18H2,1-3H3. The largest absolute Gasteiger partial charge is 0.493 e. The van der Waals surface area contributed by atoms with Gasteiger partial charge in [-0.15, -0.1) is 0 Å². The SMILES string of the molecule is COc1ccc(N(CC(=O)N(C)Cc2ccccc2)S(=O)(=O)c2ccccc2)cc1OC. The van der Waals surface area contributed by atoms with Crippen LogP contribution in [0.2, 0.25) is 0 Å². The molecule has 0 N–H and O–H groups in total. The maximum Gasteiger partial charge on any atom is 0.264 e. The van der Waals surface area contributed by atoms with Gasteiger partial charge in [-0.25, -0.2) is 8.42 Å². The number of carbonyl (C=O) groups is 1. The molecular weight excluding hydrogens is 428 g/mol. The molecule has 0 atom stereocenters. The third-order valence-electron chi connectivity index (χ3n) is 4.95. The smallest absolute Gasteiger partial charge is 0.264 e. The first kappa shape index (κ1) is 23.1. The van der Waals surface area contributed by atoms with E-state index in [9.17, 15) is 13.2 Å². The van der Waals surface area contributed by atoms with Crippen LogP contribution in [0, 0.1) is 0 Å². The Balaban J connectivity index is 1.96. The summed E-state index contributed by atoms with van der Waals surface area (Å²) in [6, 6.07) is 22.3. The van der Waals surface area contributed by atoms with Crippen molar-refractivity contribution in [2.45, 2.75) is 11.4 Å².